The lowest BCUT2D eigenvalue weighted by Gasteiger charge is -2.28. The van der Waals surface area contributed by atoms with Crippen molar-refractivity contribution in [3.63, 3.8) is 0 Å². The van der Waals surface area contributed by atoms with Gasteiger partial charge in [-0.15, -0.1) is 11.3 Å². The maximum atomic E-state index is 13.1. The molecule has 2 heterocycles. The van der Waals surface area contributed by atoms with Gasteiger partial charge in [0.05, 0.1) is 11.1 Å². The zero-order valence-electron chi connectivity index (χ0n) is 17.0. The van der Waals surface area contributed by atoms with Crippen LogP contribution in [0.1, 0.15) is 45.9 Å². The Balaban J connectivity index is 1.58. The van der Waals surface area contributed by atoms with Crippen molar-refractivity contribution in [2.24, 2.45) is 0 Å². The van der Waals surface area contributed by atoms with Gasteiger partial charge in [-0.25, -0.2) is 4.39 Å². The number of amides is 2. The molecule has 0 radical (unpaired) electrons. The van der Waals surface area contributed by atoms with Crippen molar-refractivity contribution in [1.29, 1.82) is 0 Å². The van der Waals surface area contributed by atoms with Crippen LogP contribution in [0.5, 0.6) is 0 Å². The number of nitrogens with one attached hydrogen (secondary N) is 3. The molecule has 2 aromatic heterocycles. The third-order valence-corrected chi connectivity index (χ3v) is 6.46. The van der Waals surface area contributed by atoms with E-state index in [1.807, 2.05) is 31.4 Å². The number of thiophene rings is 1. The van der Waals surface area contributed by atoms with Crippen LogP contribution in [0.2, 0.25) is 0 Å². The first-order chi connectivity index (χ1) is 14.9. The highest BCUT2D eigenvalue weighted by Crippen LogP contribution is 2.29. The van der Waals surface area contributed by atoms with E-state index in [0.29, 0.717) is 27.8 Å². The van der Waals surface area contributed by atoms with E-state index in [1.165, 1.54) is 24.3 Å². The first kappa shape index (κ1) is 20.7. The van der Waals surface area contributed by atoms with Gasteiger partial charge in [0, 0.05) is 21.4 Å². The summed E-state index contributed by atoms with van der Waals surface area (Å²) in [6.07, 6.45) is 0.742. The van der Waals surface area contributed by atoms with Crippen molar-refractivity contribution in [3.8, 4) is 0 Å². The Labute approximate surface area is 182 Å². The number of H-pyrrole nitrogens is 1. The quantitative estimate of drug-likeness (QED) is 0.394. The summed E-state index contributed by atoms with van der Waals surface area (Å²) in [5, 5.41) is 15.4. The Hall–Kier alpha value is -3.52. The van der Waals surface area contributed by atoms with Crippen molar-refractivity contribution >= 4 is 39.9 Å². The second-order valence-electron chi connectivity index (χ2n) is 7.41. The minimum absolute atomic E-state index is 0.211. The fourth-order valence-corrected chi connectivity index (χ4v) is 4.19. The molecule has 4 rings (SSSR count). The number of carbonyl (C=O) groups excluding carboxylic acids is 2. The first-order valence-electron chi connectivity index (χ1n) is 9.81. The number of aromatic nitrogens is 2. The summed E-state index contributed by atoms with van der Waals surface area (Å²) < 4.78 is 13.1. The molecule has 3 N–H and O–H groups in total. The SMILES string of the molecule is CCC(C)(NC(=O)c1ccc2[nH]nc(NC(=O)c3ccc(F)cc3)c2c1)c1cccs1. The maximum Gasteiger partial charge on any atom is 0.256 e. The highest BCUT2D eigenvalue weighted by molar-refractivity contribution is 7.10. The molecule has 0 aliphatic rings. The molecule has 158 valence electrons. The van der Waals surface area contributed by atoms with Crippen molar-refractivity contribution < 1.29 is 14.0 Å². The Morgan fingerprint density at radius 3 is 2.52 bits per heavy atom. The molecule has 0 spiro atoms. The Morgan fingerprint density at radius 2 is 1.84 bits per heavy atom. The maximum absolute atomic E-state index is 13.1. The van der Waals surface area contributed by atoms with Crippen LogP contribution in [0.3, 0.4) is 0 Å². The standard InChI is InChI=1S/C23H21FN4O2S/c1-3-23(2,19-5-4-12-31-19)26-22(30)15-8-11-18-17(13-15)20(28-27-18)25-21(29)14-6-9-16(24)10-7-14/h4-13H,3H2,1-2H3,(H,26,30)(H2,25,27,28,29). The summed E-state index contributed by atoms with van der Waals surface area (Å²) in [6.45, 7) is 4.03. The van der Waals surface area contributed by atoms with E-state index in [0.717, 1.165) is 11.3 Å². The highest BCUT2D eigenvalue weighted by atomic mass is 32.1. The van der Waals surface area contributed by atoms with Gasteiger partial charge in [-0.3, -0.25) is 14.7 Å². The van der Waals surface area contributed by atoms with Crippen LogP contribution in [0.4, 0.5) is 10.2 Å². The fourth-order valence-electron chi connectivity index (χ4n) is 3.27. The number of hydrogen-bond acceptors (Lipinski definition) is 4. The molecule has 2 amide bonds. The number of halogens is 1. The topological polar surface area (TPSA) is 86.9 Å². The molecule has 0 saturated heterocycles. The van der Waals surface area contributed by atoms with Crippen molar-refractivity contribution in [3.05, 3.63) is 81.8 Å². The van der Waals surface area contributed by atoms with Gasteiger partial charge in [-0.05, 0) is 67.3 Å². The van der Waals surface area contributed by atoms with Crippen LogP contribution in [-0.4, -0.2) is 22.0 Å². The molecule has 2 aromatic carbocycles. The molecule has 1 unspecified atom stereocenters. The summed E-state index contributed by atoms with van der Waals surface area (Å²) in [4.78, 5) is 26.6. The van der Waals surface area contributed by atoms with E-state index in [1.54, 1.807) is 29.5 Å². The van der Waals surface area contributed by atoms with E-state index in [2.05, 4.69) is 20.8 Å². The lowest BCUT2D eigenvalue weighted by atomic mass is 9.96. The molecule has 8 heteroatoms. The van der Waals surface area contributed by atoms with Gasteiger partial charge in [0.1, 0.15) is 5.82 Å². The zero-order valence-corrected chi connectivity index (χ0v) is 17.8. The van der Waals surface area contributed by atoms with Gasteiger partial charge < -0.3 is 10.6 Å². The Morgan fingerprint density at radius 1 is 1.10 bits per heavy atom. The van der Waals surface area contributed by atoms with Crippen LogP contribution < -0.4 is 10.6 Å². The summed E-state index contributed by atoms with van der Waals surface area (Å²) in [5.41, 5.74) is 0.974. The average Bonchev–Trinajstić information content (AvgIpc) is 3.45. The van der Waals surface area contributed by atoms with Crippen molar-refractivity contribution in [1.82, 2.24) is 15.5 Å². The number of aromatic amines is 1. The van der Waals surface area contributed by atoms with E-state index in [4.69, 9.17) is 0 Å². The minimum Gasteiger partial charge on any atom is -0.342 e. The number of nitrogens with zero attached hydrogens (tertiary/aromatic N) is 1. The van der Waals surface area contributed by atoms with Gasteiger partial charge in [-0.2, -0.15) is 5.10 Å². The Bertz CT molecular complexity index is 1230. The molecule has 6 nitrogen and oxygen atoms in total. The summed E-state index contributed by atoms with van der Waals surface area (Å²) in [5.74, 6) is -0.745. The smallest absolute Gasteiger partial charge is 0.256 e. The lowest BCUT2D eigenvalue weighted by molar-refractivity contribution is 0.0903. The molecule has 0 bridgehead atoms. The first-order valence-corrected chi connectivity index (χ1v) is 10.7. The molecular weight excluding hydrogens is 415 g/mol. The number of rotatable bonds is 6. The monoisotopic (exact) mass is 436 g/mol. The number of carbonyl (C=O) groups is 2. The predicted octanol–water partition coefficient (Wildman–Crippen LogP) is 5.07. The van der Waals surface area contributed by atoms with E-state index in [9.17, 15) is 14.0 Å². The number of hydrogen-bond donors (Lipinski definition) is 3. The summed E-state index contributed by atoms with van der Waals surface area (Å²) in [6, 6.07) is 14.4. The molecule has 31 heavy (non-hydrogen) atoms. The third-order valence-electron chi connectivity index (χ3n) is 5.32. The minimum atomic E-state index is -0.476. The van der Waals surface area contributed by atoms with Crippen LogP contribution >= 0.6 is 11.3 Å². The van der Waals surface area contributed by atoms with Gasteiger partial charge in [0.15, 0.2) is 5.82 Å². The fraction of sp³-hybridized carbons (Fsp3) is 0.174. The van der Waals surface area contributed by atoms with Crippen LogP contribution in [-0.2, 0) is 5.54 Å². The highest BCUT2D eigenvalue weighted by Gasteiger charge is 2.28. The van der Waals surface area contributed by atoms with Crippen molar-refractivity contribution in [2.75, 3.05) is 5.32 Å². The molecule has 0 saturated carbocycles. The number of fused-ring (bicyclic) bond motifs is 1. The summed E-state index contributed by atoms with van der Waals surface area (Å²) >= 11 is 1.60. The van der Waals surface area contributed by atoms with Gasteiger partial charge in [0.2, 0.25) is 0 Å². The molecule has 4 aromatic rings. The van der Waals surface area contributed by atoms with Gasteiger partial charge >= 0.3 is 0 Å². The Kier molecular flexibility index (Phi) is 5.56. The summed E-state index contributed by atoms with van der Waals surface area (Å²) in [7, 11) is 0. The van der Waals surface area contributed by atoms with Crippen LogP contribution in [0.25, 0.3) is 10.9 Å². The lowest BCUT2D eigenvalue weighted by Crippen LogP contribution is -2.42. The predicted molar refractivity (Wildman–Crippen MR) is 120 cm³/mol. The zero-order chi connectivity index (χ0) is 22.0. The average molecular weight is 437 g/mol. The molecular formula is C23H21FN4O2S. The van der Waals surface area contributed by atoms with Crippen molar-refractivity contribution in [2.45, 2.75) is 25.8 Å². The molecule has 1 atom stereocenters. The van der Waals surface area contributed by atoms with Crippen LogP contribution in [0.15, 0.2) is 60.0 Å². The van der Waals surface area contributed by atoms with E-state index >= 15 is 0 Å². The second kappa shape index (κ2) is 8.31. The molecule has 0 aliphatic carbocycles. The van der Waals surface area contributed by atoms with Gasteiger partial charge in [-0.1, -0.05) is 13.0 Å². The largest absolute Gasteiger partial charge is 0.342 e. The number of benzene rings is 2. The third kappa shape index (κ3) is 4.20. The normalized spacial score (nSPS) is 13.0. The molecule has 0 fully saturated rings. The van der Waals surface area contributed by atoms with E-state index < -0.39 is 17.3 Å². The van der Waals surface area contributed by atoms with E-state index in [-0.39, 0.29) is 5.91 Å². The van der Waals surface area contributed by atoms with Crippen LogP contribution in [0, 0.1) is 5.82 Å². The number of anilines is 1. The van der Waals surface area contributed by atoms with Gasteiger partial charge in [0.25, 0.3) is 11.8 Å². The molecule has 0 aliphatic heterocycles. The second-order valence-corrected chi connectivity index (χ2v) is 8.36.